The van der Waals surface area contributed by atoms with Crippen molar-refractivity contribution in [1.82, 2.24) is 0 Å². The lowest BCUT2D eigenvalue weighted by atomic mass is 10.0. The first kappa shape index (κ1) is 27.7. The number of hydrogen-bond acceptors (Lipinski definition) is 6. The van der Waals surface area contributed by atoms with Crippen LogP contribution in [-0.2, 0) is 14.4 Å². The third-order valence-corrected chi connectivity index (χ3v) is 7.36. The summed E-state index contributed by atoms with van der Waals surface area (Å²) in [5.74, 6) is -4.34. The maximum Gasteiger partial charge on any atom is 0.337 e. The molecule has 0 amide bonds. The second-order valence-electron chi connectivity index (χ2n) is 9.59. The molecule has 0 bridgehead atoms. The molecule has 0 fully saturated rings. The van der Waals surface area contributed by atoms with Gasteiger partial charge in [0.2, 0.25) is 0 Å². The third-order valence-electron chi connectivity index (χ3n) is 7.36. The Labute approximate surface area is 218 Å². The van der Waals surface area contributed by atoms with E-state index in [4.69, 9.17) is 14.2 Å². The summed E-state index contributed by atoms with van der Waals surface area (Å²) in [7, 11) is 0. The quantitative estimate of drug-likeness (QED) is 0.227. The second-order valence-corrected chi connectivity index (χ2v) is 9.59. The molecule has 0 unspecified atom stereocenters. The molecule has 0 radical (unpaired) electrons. The van der Waals surface area contributed by atoms with Gasteiger partial charge >= 0.3 is 17.9 Å². The van der Waals surface area contributed by atoms with Crippen LogP contribution in [0.15, 0.2) is 36.4 Å². The van der Waals surface area contributed by atoms with Crippen molar-refractivity contribution in [3.8, 4) is 17.2 Å². The highest BCUT2D eigenvalue weighted by molar-refractivity contribution is 6.14. The molecule has 3 aromatic carbocycles. The summed E-state index contributed by atoms with van der Waals surface area (Å²) < 4.78 is 16.7. The summed E-state index contributed by atoms with van der Waals surface area (Å²) in [4.78, 5) is 39.9. The minimum atomic E-state index is -1.94. The van der Waals surface area contributed by atoms with Gasteiger partial charge in [-0.15, -0.1) is 0 Å². The molecule has 0 atom stereocenters. The molecule has 6 nitrogen and oxygen atoms in total. The molecular formula is C31H34O6. The maximum absolute atomic E-state index is 13.3. The van der Waals surface area contributed by atoms with Gasteiger partial charge in [-0.05, 0) is 131 Å². The van der Waals surface area contributed by atoms with E-state index in [9.17, 15) is 14.4 Å². The lowest BCUT2D eigenvalue weighted by Gasteiger charge is -2.18. The van der Waals surface area contributed by atoms with Crippen molar-refractivity contribution in [2.45, 2.75) is 62.3 Å². The third kappa shape index (κ3) is 5.74. The van der Waals surface area contributed by atoms with Crippen LogP contribution in [0.4, 0.5) is 0 Å². The fourth-order valence-electron chi connectivity index (χ4n) is 3.92. The van der Waals surface area contributed by atoms with Crippen molar-refractivity contribution < 1.29 is 28.6 Å². The average Bonchev–Trinajstić information content (AvgIpc) is 2.85. The molecule has 194 valence electrons. The molecule has 0 aromatic heterocycles. The Morgan fingerprint density at radius 3 is 0.919 bits per heavy atom. The highest BCUT2D eigenvalue weighted by atomic mass is 16.6. The van der Waals surface area contributed by atoms with Gasteiger partial charge in [-0.3, -0.25) is 14.4 Å². The van der Waals surface area contributed by atoms with Crippen LogP contribution in [0.5, 0.6) is 17.2 Å². The summed E-state index contributed by atoms with van der Waals surface area (Å²) in [5, 5.41) is 0. The predicted octanol–water partition coefficient (Wildman–Crippen LogP) is 6.20. The van der Waals surface area contributed by atoms with Gasteiger partial charge in [-0.1, -0.05) is 18.2 Å². The van der Waals surface area contributed by atoms with Crippen molar-refractivity contribution >= 4 is 17.9 Å². The molecule has 0 N–H and O–H groups in total. The second kappa shape index (κ2) is 11.0. The molecule has 6 heteroatoms. The van der Waals surface area contributed by atoms with Crippen LogP contribution < -0.4 is 14.2 Å². The molecule has 0 saturated carbocycles. The minimum absolute atomic E-state index is 0.267. The number of ether oxygens (including phenoxy) is 3. The Balaban J connectivity index is 1.97. The van der Waals surface area contributed by atoms with Gasteiger partial charge in [0.25, 0.3) is 5.92 Å². The minimum Gasteiger partial charge on any atom is -0.425 e. The van der Waals surface area contributed by atoms with E-state index in [0.717, 1.165) is 50.1 Å². The van der Waals surface area contributed by atoms with Crippen LogP contribution in [0.2, 0.25) is 0 Å². The van der Waals surface area contributed by atoms with Crippen LogP contribution in [0.3, 0.4) is 0 Å². The zero-order valence-corrected chi connectivity index (χ0v) is 23.0. The highest BCUT2D eigenvalue weighted by Crippen LogP contribution is 2.29. The largest absolute Gasteiger partial charge is 0.425 e. The summed E-state index contributed by atoms with van der Waals surface area (Å²) in [6.07, 6.45) is 0. The van der Waals surface area contributed by atoms with Gasteiger partial charge in [0, 0.05) is 0 Å². The highest BCUT2D eigenvalue weighted by Gasteiger charge is 2.40. The van der Waals surface area contributed by atoms with Gasteiger partial charge < -0.3 is 14.2 Å². The predicted molar refractivity (Wildman–Crippen MR) is 142 cm³/mol. The zero-order valence-electron chi connectivity index (χ0n) is 23.0. The number of carbonyl (C=O) groups is 3. The molecule has 0 heterocycles. The van der Waals surface area contributed by atoms with E-state index in [1.54, 1.807) is 18.2 Å². The van der Waals surface area contributed by atoms with E-state index in [1.165, 1.54) is 0 Å². The molecule has 0 aliphatic heterocycles. The van der Waals surface area contributed by atoms with Crippen LogP contribution in [0.1, 0.15) is 50.1 Å². The van der Waals surface area contributed by atoms with E-state index in [-0.39, 0.29) is 17.2 Å². The molecule has 0 aliphatic carbocycles. The fraction of sp³-hybridized carbons (Fsp3) is 0.323. The molecular weight excluding hydrogens is 468 g/mol. The summed E-state index contributed by atoms with van der Waals surface area (Å²) in [6.45, 7) is 17.0. The van der Waals surface area contributed by atoms with Crippen molar-refractivity contribution in [2.75, 3.05) is 0 Å². The Bertz CT molecular complexity index is 1230. The van der Waals surface area contributed by atoms with E-state index in [2.05, 4.69) is 0 Å². The maximum atomic E-state index is 13.3. The lowest BCUT2D eigenvalue weighted by Crippen LogP contribution is -2.40. The number of esters is 3. The van der Waals surface area contributed by atoms with Gasteiger partial charge in [-0.2, -0.15) is 0 Å². The molecule has 37 heavy (non-hydrogen) atoms. The topological polar surface area (TPSA) is 78.9 Å². The summed E-state index contributed by atoms with van der Waals surface area (Å²) in [5.41, 5.74) is 8.15. The average molecular weight is 503 g/mol. The van der Waals surface area contributed by atoms with Crippen LogP contribution in [0.25, 0.3) is 0 Å². The standard InChI is InChI=1S/C31H34O6/c1-16-10-13-25(22(7)19(16)4)35-29(32)28(30(33)36-26-14-11-17(2)20(5)23(26)8)31(34)37-27-15-12-18(3)21(6)24(27)9/h10-15,28H,1-9H3. The first-order valence-corrected chi connectivity index (χ1v) is 12.2. The van der Waals surface area contributed by atoms with Crippen LogP contribution >= 0.6 is 0 Å². The Morgan fingerprint density at radius 2 is 0.676 bits per heavy atom. The first-order valence-electron chi connectivity index (χ1n) is 12.2. The Morgan fingerprint density at radius 1 is 0.432 bits per heavy atom. The molecule has 3 aromatic rings. The van der Waals surface area contributed by atoms with Gasteiger partial charge in [0.1, 0.15) is 17.2 Å². The van der Waals surface area contributed by atoms with Crippen LogP contribution in [0, 0.1) is 68.2 Å². The van der Waals surface area contributed by atoms with E-state index >= 15 is 0 Å². The normalized spacial score (nSPS) is 10.9. The number of benzene rings is 3. The van der Waals surface area contributed by atoms with E-state index in [1.807, 2.05) is 80.5 Å². The van der Waals surface area contributed by atoms with Gasteiger partial charge in [-0.25, -0.2) is 0 Å². The monoisotopic (exact) mass is 502 g/mol. The summed E-state index contributed by atoms with van der Waals surface area (Å²) >= 11 is 0. The van der Waals surface area contributed by atoms with E-state index < -0.39 is 23.8 Å². The van der Waals surface area contributed by atoms with Crippen molar-refractivity contribution in [2.24, 2.45) is 5.92 Å². The summed E-state index contributed by atoms with van der Waals surface area (Å²) in [6, 6.07) is 10.4. The lowest BCUT2D eigenvalue weighted by molar-refractivity contribution is -0.160. The smallest absolute Gasteiger partial charge is 0.337 e. The fourth-order valence-corrected chi connectivity index (χ4v) is 3.92. The van der Waals surface area contributed by atoms with E-state index in [0.29, 0.717) is 0 Å². The number of rotatable bonds is 6. The number of carbonyl (C=O) groups excluding carboxylic acids is 3. The first-order chi connectivity index (χ1) is 17.3. The van der Waals surface area contributed by atoms with Crippen molar-refractivity contribution in [3.05, 3.63) is 86.5 Å². The van der Waals surface area contributed by atoms with Crippen LogP contribution in [-0.4, -0.2) is 17.9 Å². The Kier molecular flexibility index (Phi) is 8.22. The van der Waals surface area contributed by atoms with Gasteiger partial charge in [0.15, 0.2) is 0 Å². The van der Waals surface area contributed by atoms with Crippen molar-refractivity contribution in [1.29, 1.82) is 0 Å². The molecule has 0 spiro atoms. The zero-order chi connectivity index (χ0) is 27.6. The SMILES string of the molecule is Cc1ccc(OC(=O)C(C(=O)Oc2ccc(C)c(C)c2C)C(=O)Oc2ccc(C)c(C)c2C)c(C)c1C. The van der Waals surface area contributed by atoms with Crippen molar-refractivity contribution in [3.63, 3.8) is 0 Å². The molecule has 0 saturated heterocycles. The number of hydrogen-bond donors (Lipinski definition) is 0. The van der Waals surface area contributed by atoms with Gasteiger partial charge in [0.05, 0.1) is 0 Å². The number of aryl methyl sites for hydroxylation is 3. The molecule has 0 aliphatic rings. The molecule has 3 rings (SSSR count). The Hall–Kier alpha value is -3.93.